The van der Waals surface area contributed by atoms with Crippen molar-refractivity contribution in [1.82, 2.24) is 9.88 Å². The first-order valence-corrected chi connectivity index (χ1v) is 12.0. The molecule has 7 heteroatoms. The van der Waals surface area contributed by atoms with E-state index in [1.165, 1.54) is 10.9 Å². The summed E-state index contributed by atoms with van der Waals surface area (Å²) in [5, 5.41) is 1.20. The summed E-state index contributed by atoms with van der Waals surface area (Å²) in [7, 11) is 4.64. The van der Waals surface area contributed by atoms with Gasteiger partial charge in [0.1, 0.15) is 5.75 Å². The minimum Gasteiger partial charge on any atom is -0.494 e. The molecule has 3 aromatic carbocycles. The molecule has 1 N–H and O–H groups in total. The van der Waals surface area contributed by atoms with Gasteiger partial charge in [0.25, 0.3) is 5.91 Å². The second-order valence-corrected chi connectivity index (χ2v) is 8.63. The first-order chi connectivity index (χ1) is 17.6. The van der Waals surface area contributed by atoms with E-state index in [2.05, 4.69) is 23.2 Å². The van der Waals surface area contributed by atoms with Crippen LogP contribution < -0.4 is 18.9 Å². The lowest BCUT2D eigenvalue weighted by Gasteiger charge is -2.36. The molecular weight excluding hydrogens is 456 g/mol. The van der Waals surface area contributed by atoms with Crippen molar-refractivity contribution >= 4 is 16.8 Å². The highest BCUT2D eigenvalue weighted by atomic mass is 16.5. The zero-order valence-electron chi connectivity index (χ0n) is 21.0. The maximum absolute atomic E-state index is 14.0. The molecule has 0 fully saturated rings. The molecule has 0 saturated heterocycles. The molecule has 1 unspecified atom stereocenters. The van der Waals surface area contributed by atoms with Crippen LogP contribution in [-0.4, -0.2) is 50.3 Å². The number of nitrogens with zero attached hydrogens (tertiary/aromatic N) is 1. The van der Waals surface area contributed by atoms with E-state index in [1.807, 2.05) is 42.2 Å². The van der Waals surface area contributed by atoms with E-state index in [9.17, 15) is 4.79 Å². The van der Waals surface area contributed by atoms with Crippen molar-refractivity contribution in [3.8, 4) is 23.0 Å². The molecule has 0 saturated carbocycles. The molecule has 1 amide bonds. The Morgan fingerprint density at radius 1 is 0.972 bits per heavy atom. The van der Waals surface area contributed by atoms with Gasteiger partial charge in [0.05, 0.1) is 34.0 Å². The van der Waals surface area contributed by atoms with Crippen molar-refractivity contribution in [1.29, 1.82) is 0 Å². The van der Waals surface area contributed by atoms with Crippen molar-refractivity contribution < 1.29 is 23.7 Å². The number of fused-ring (bicyclic) bond motifs is 3. The summed E-state index contributed by atoms with van der Waals surface area (Å²) in [6.45, 7) is 3.13. The van der Waals surface area contributed by atoms with Crippen molar-refractivity contribution in [2.45, 2.75) is 19.4 Å². The molecule has 4 aromatic rings. The van der Waals surface area contributed by atoms with E-state index in [4.69, 9.17) is 18.9 Å². The zero-order valence-corrected chi connectivity index (χ0v) is 21.0. The number of ether oxygens (including phenoxy) is 4. The Bertz CT molecular complexity index is 1370. The number of hydrogen-bond donors (Lipinski definition) is 1. The van der Waals surface area contributed by atoms with Crippen LogP contribution in [0.4, 0.5) is 0 Å². The van der Waals surface area contributed by atoms with Crippen LogP contribution in [0, 0.1) is 0 Å². The number of aromatic nitrogens is 1. The predicted molar refractivity (Wildman–Crippen MR) is 139 cm³/mol. The fraction of sp³-hybridized carbons (Fsp3) is 0.276. The fourth-order valence-corrected chi connectivity index (χ4v) is 5.09. The molecule has 1 aliphatic rings. The summed E-state index contributed by atoms with van der Waals surface area (Å²) in [5.41, 5.74) is 4.83. The highest BCUT2D eigenvalue weighted by Gasteiger charge is 2.35. The van der Waals surface area contributed by atoms with Crippen LogP contribution in [0.5, 0.6) is 23.0 Å². The van der Waals surface area contributed by atoms with E-state index in [1.54, 1.807) is 33.5 Å². The van der Waals surface area contributed by atoms with E-state index in [-0.39, 0.29) is 11.9 Å². The van der Waals surface area contributed by atoms with Gasteiger partial charge in [0.2, 0.25) is 5.75 Å². The standard InChI is InChI=1S/C29H30N2O5/c1-5-36-20-12-10-18(11-13-20)27-26-22(21-8-6-7-9-23(21)30-26)14-15-31(27)29(32)19-16-24(33-2)28(35-4)25(17-19)34-3/h6-13,16-17,27,30H,5,14-15H2,1-4H3. The summed E-state index contributed by atoms with van der Waals surface area (Å²) in [5.74, 6) is 2.03. The average molecular weight is 487 g/mol. The summed E-state index contributed by atoms with van der Waals surface area (Å²) < 4.78 is 22.1. The molecule has 7 nitrogen and oxygen atoms in total. The normalized spacial score (nSPS) is 14.9. The van der Waals surface area contributed by atoms with E-state index >= 15 is 0 Å². The topological polar surface area (TPSA) is 73.0 Å². The van der Waals surface area contributed by atoms with Crippen LogP contribution in [0.2, 0.25) is 0 Å². The molecule has 36 heavy (non-hydrogen) atoms. The van der Waals surface area contributed by atoms with Crippen LogP contribution in [-0.2, 0) is 6.42 Å². The summed E-state index contributed by atoms with van der Waals surface area (Å²) in [6.07, 6.45) is 0.753. The lowest BCUT2D eigenvalue weighted by Crippen LogP contribution is -2.40. The van der Waals surface area contributed by atoms with Crippen molar-refractivity contribution in [3.05, 3.63) is 83.0 Å². The molecule has 0 spiro atoms. The minimum atomic E-state index is -0.289. The van der Waals surface area contributed by atoms with E-state index in [0.717, 1.165) is 28.9 Å². The third-order valence-corrected chi connectivity index (χ3v) is 6.71. The third kappa shape index (κ3) is 4.00. The van der Waals surface area contributed by atoms with Crippen molar-refractivity contribution in [2.75, 3.05) is 34.5 Å². The van der Waals surface area contributed by atoms with Gasteiger partial charge in [-0.25, -0.2) is 0 Å². The SMILES string of the molecule is CCOc1ccc(C2c3[nH]c4ccccc4c3CCN2C(=O)c2cc(OC)c(OC)c(OC)c2)cc1. The Balaban J connectivity index is 1.62. The lowest BCUT2D eigenvalue weighted by molar-refractivity contribution is 0.0691. The van der Waals surface area contributed by atoms with Gasteiger partial charge in [0, 0.05) is 28.7 Å². The Morgan fingerprint density at radius 3 is 2.31 bits per heavy atom. The number of para-hydroxylation sites is 1. The van der Waals surface area contributed by atoms with Crippen LogP contribution >= 0.6 is 0 Å². The molecule has 1 aliphatic heterocycles. The molecule has 0 bridgehead atoms. The van der Waals surface area contributed by atoms with E-state index in [0.29, 0.717) is 36.0 Å². The van der Waals surface area contributed by atoms with Crippen molar-refractivity contribution in [3.63, 3.8) is 0 Å². The van der Waals surface area contributed by atoms with Gasteiger partial charge in [-0.05, 0) is 54.8 Å². The molecular formula is C29H30N2O5. The van der Waals surface area contributed by atoms with Gasteiger partial charge in [-0.2, -0.15) is 0 Å². The van der Waals surface area contributed by atoms with Gasteiger partial charge in [-0.15, -0.1) is 0 Å². The molecule has 0 radical (unpaired) electrons. The first-order valence-electron chi connectivity index (χ1n) is 12.0. The predicted octanol–water partition coefficient (Wildman–Crippen LogP) is 5.38. The second kappa shape index (κ2) is 9.85. The highest BCUT2D eigenvalue weighted by molar-refractivity contribution is 5.97. The van der Waals surface area contributed by atoms with Gasteiger partial charge in [-0.1, -0.05) is 30.3 Å². The van der Waals surface area contributed by atoms with Gasteiger partial charge in [0.15, 0.2) is 11.5 Å². The fourth-order valence-electron chi connectivity index (χ4n) is 5.09. The number of carbonyl (C=O) groups is 1. The zero-order chi connectivity index (χ0) is 25.2. The molecule has 5 rings (SSSR count). The lowest BCUT2D eigenvalue weighted by atomic mass is 9.91. The Kier molecular flexibility index (Phi) is 6.46. The molecule has 186 valence electrons. The van der Waals surface area contributed by atoms with Crippen LogP contribution in [0.15, 0.2) is 60.7 Å². The minimum absolute atomic E-state index is 0.113. The maximum Gasteiger partial charge on any atom is 0.254 e. The third-order valence-electron chi connectivity index (χ3n) is 6.71. The number of hydrogen-bond acceptors (Lipinski definition) is 5. The summed E-state index contributed by atoms with van der Waals surface area (Å²) >= 11 is 0. The number of methoxy groups -OCH3 is 3. The van der Waals surface area contributed by atoms with Crippen molar-refractivity contribution in [2.24, 2.45) is 0 Å². The van der Waals surface area contributed by atoms with E-state index < -0.39 is 0 Å². The highest BCUT2D eigenvalue weighted by Crippen LogP contribution is 2.42. The number of amides is 1. The van der Waals surface area contributed by atoms with Crippen LogP contribution in [0.3, 0.4) is 0 Å². The number of nitrogens with one attached hydrogen (secondary N) is 1. The molecule has 0 aliphatic carbocycles. The average Bonchev–Trinajstić information content (AvgIpc) is 3.30. The molecule has 2 heterocycles. The number of carbonyl (C=O) groups excluding carboxylic acids is 1. The Hall–Kier alpha value is -4.13. The first kappa shape index (κ1) is 23.6. The van der Waals surface area contributed by atoms with Gasteiger partial charge in [-0.3, -0.25) is 4.79 Å². The number of aromatic amines is 1. The molecule has 1 atom stereocenters. The number of benzene rings is 3. The maximum atomic E-state index is 14.0. The number of rotatable bonds is 7. The largest absolute Gasteiger partial charge is 0.494 e. The van der Waals surface area contributed by atoms with Crippen LogP contribution in [0.25, 0.3) is 10.9 Å². The quantitative estimate of drug-likeness (QED) is 0.380. The Morgan fingerprint density at radius 2 is 1.67 bits per heavy atom. The van der Waals surface area contributed by atoms with Crippen LogP contribution in [0.1, 0.15) is 40.1 Å². The summed E-state index contributed by atoms with van der Waals surface area (Å²) in [4.78, 5) is 19.6. The smallest absolute Gasteiger partial charge is 0.254 e. The second-order valence-electron chi connectivity index (χ2n) is 8.63. The van der Waals surface area contributed by atoms with Gasteiger partial charge < -0.3 is 28.8 Å². The van der Waals surface area contributed by atoms with Gasteiger partial charge >= 0.3 is 0 Å². The number of H-pyrrole nitrogens is 1. The monoisotopic (exact) mass is 486 g/mol. The molecule has 1 aromatic heterocycles. The Labute approximate surface area is 210 Å². The summed E-state index contributed by atoms with van der Waals surface area (Å²) in [6, 6.07) is 19.4.